The molecule has 1 aromatic rings. The lowest BCUT2D eigenvalue weighted by molar-refractivity contribution is 0.414. The van der Waals surface area contributed by atoms with Crippen LogP contribution < -0.4 is 4.74 Å². The first kappa shape index (κ1) is 17.5. The molecule has 0 bridgehead atoms. The Bertz CT molecular complexity index is 474. The zero-order valence-corrected chi connectivity index (χ0v) is 17.8. The van der Waals surface area contributed by atoms with Gasteiger partial charge in [0.2, 0.25) is 0 Å². The van der Waals surface area contributed by atoms with Crippen molar-refractivity contribution in [2.75, 3.05) is 18.6 Å². The molecule has 1 aliphatic rings. The van der Waals surface area contributed by atoms with Crippen molar-refractivity contribution < 1.29 is 4.74 Å². The standard InChI is InChI=1S/C16H28OS2Si2/c1-17-15-10-8-14(9-11-15)16(18-12-7-13-19-16)21(5,6)20(2,3)4/h8-11H,7,12-13H2,1-6H3. The SMILES string of the molecule is COc1ccc(C2([Si](C)(C)[Si](C)(C)C)SCCCS2)cc1. The third-order valence-electron chi connectivity index (χ3n) is 5.07. The van der Waals surface area contributed by atoms with Crippen LogP contribution in [0.25, 0.3) is 0 Å². The summed E-state index contributed by atoms with van der Waals surface area (Å²) in [7, 11) is -0.836. The van der Waals surface area contributed by atoms with E-state index in [-0.39, 0.29) is 0 Å². The molecule has 0 unspecified atom stereocenters. The smallest absolute Gasteiger partial charge is 0.118 e. The fourth-order valence-electron chi connectivity index (χ4n) is 2.72. The summed E-state index contributed by atoms with van der Waals surface area (Å²) < 4.78 is 5.67. The molecular formula is C16H28OS2Si2. The zero-order chi connectivity index (χ0) is 15.7. The van der Waals surface area contributed by atoms with E-state index in [4.69, 9.17) is 4.74 Å². The predicted octanol–water partition coefficient (Wildman–Crippen LogP) is 5.38. The maximum atomic E-state index is 5.35. The maximum Gasteiger partial charge on any atom is 0.118 e. The van der Waals surface area contributed by atoms with Gasteiger partial charge in [-0.2, -0.15) is 0 Å². The molecule has 5 heteroatoms. The van der Waals surface area contributed by atoms with E-state index < -0.39 is 15.2 Å². The van der Waals surface area contributed by atoms with Crippen molar-refractivity contribution in [3.63, 3.8) is 0 Å². The molecule has 2 rings (SSSR count). The van der Waals surface area contributed by atoms with Gasteiger partial charge in [0.25, 0.3) is 0 Å². The van der Waals surface area contributed by atoms with E-state index in [2.05, 4.69) is 80.5 Å². The second-order valence-electron chi connectivity index (χ2n) is 7.27. The number of ether oxygens (including phenoxy) is 1. The van der Waals surface area contributed by atoms with E-state index in [1.165, 1.54) is 23.5 Å². The van der Waals surface area contributed by atoms with Crippen LogP contribution in [0.5, 0.6) is 5.75 Å². The summed E-state index contributed by atoms with van der Waals surface area (Å²) in [5, 5.41) is 0. The topological polar surface area (TPSA) is 9.23 Å². The highest BCUT2D eigenvalue weighted by molar-refractivity contribution is 8.21. The lowest BCUT2D eigenvalue weighted by atomic mass is 10.2. The molecule has 1 aliphatic heterocycles. The highest BCUT2D eigenvalue weighted by Gasteiger charge is 2.56. The molecule has 1 saturated heterocycles. The first-order valence-electron chi connectivity index (χ1n) is 7.67. The first-order chi connectivity index (χ1) is 9.74. The van der Waals surface area contributed by atoms with Crippen LogP contribution in [0, 0.1) is 0 Å². The molecule has 1 fully saturated rings. The molecular weight excluding hydrogens is 328 g/mol. The van der Waals surface area contributed by atoms with Gasteiger partial charge in [0, 0.05) is 7.59 Å². The van der Waals surface area contributed by atoms with Crippen LogP contribution in [-0.2, 0) is 3.70 Å². The lowest BCUT2D eigenvalue weighted by Crippen LogP contribution is -2.64. The Morgan fingerprint density at radius 1 is 0.952 bits per heavy atom. The second kappa shape index (κ2) is 6.34. The van der Waals surface area contributed by atoms with E-state index >= 15 is 0 Å². The number of rotatable bonds is 4. The van der Waals surface area contributed by atoms with E-state index in [0.29, 0.717) is 3.70 Å². The van der Waals surface area contributed by atoms with E-state index in [0.717, 1.165) is 5.75 Å². The van der Waals surface area contributed by atoms with Crippen molar-refractivity contribution in [2.45, 2.75) is 42.9 Å². The maximum absolute atomic E-state index is 5.35. The lowest BCUT2D eigenvalue weighted by Gasteiger charge is -2.52. The van der Waals surface area contributed by atoms with E-state index in [9.17, 15) is 0 Å². The van der Waals surface area contributed by atoms with Crippen molar-refractivity contribution in [3.05, 3.63) is 29.8 Å². The molecule has 0 atom stereocenters. The Labute approximate surface area is 140 Å². The summed E-state index contributed by atoms with van der Waals surface area (Å²) >= 11 is 4.46. The Kier molecular flexibility index (Phi) is 5.28. The summed E-state index contributed by atoms with van der Waals surface area (Å²) in [6.45, 7) is 13.0. The highest BCUT2D eigenvalue weighted by atomic mass is 32.2. The molecule has 1 heterocycles. The minimum atomic E-state index is -1.40. The molecule has 1 nitrogen and oxygen atoms in total. The minimum Gasteiger partial charge on any atom is -0.497 e. The molecule has 21 heavy (non-hydrogen) atoms. The monoisotopic (exact) mass is 356 g/mol. The Morgan fingerprint density at radius 3 is 1.90 bits per heavy atom. The van der Waals surface area contributed by atoms with Gasteiger partial charge in [-0.3, -0.25) is 0 Å². The van der Waals surface area contributed by atoms with Gasteiger partial charge in [-0.25, -0.2) is 0 Å². The molecule has 0 radical (unpaired) electrons. The first-order valence-corrected chi connectivity index (χ1v) is 17.1. The number of thioether (sulfide) groups is 2. The summed E-state index contributed by atoms with van der Waals surface area (Å²) in [6, 6.07) is 8.92. The van der Waals surface area contributed by atoms with Crippen LogP contribution in [0.2, 0.25) is 32.7 Å². The number of hydrogen-bond acceptors (Lipinski definition) is 3. The number of methoxy groups -OCH3 is 1. The van der Waals surface area contributed by atoms with Crippen LogP contribution in [0.15, 0.2) is 24.3 Å². The predicted molar refractivity (Wildman–Crippen MR) is 105 cm³/mol. The third-order valence-corrected chi connectivity index (χ3v) is 31.1. The summed E-state index contributed by atoms with van der Waals surface area (Å²) in [6.07, 6.45) is 1.35. The third kappa shape index (κ3) is 3.12. The van der Waals surface area contributed by atoms with Gasteiger partial charge in [-0.1, -0.05) is 44.9 Å². The molecule has 0 aromatic heterocycles. The van der Waals surface area contributed by atoms with Gasteiger partial charge in [-0.15, -0.1) is 23.5 Å². The van der Waals surface area contributed by atoms with Crippen LogP contribution in [0.4, 0.5) is 0 Å². The van der Waals surface area contributed by atoms with Gasteiger partial charge in [0.1, 0.15) is 5.75 Å². The molecule has 0 N–H and O–H groups in total. The average molecular weight is 357 g/mol. The summed E-state index contributed by atoms with van der Waals surface area (Å²) in [5.41, 5.74) is 1.53. The average Bonchev–Trinajstić information content (AvgIpc) is 2.47. The van der Waals surface area contributed by atoms with Gasteiger partial charge in [0.05, 0.1) is 18.4 Å². The van der Waals surface area contributed by atoms with Gasteiger partial charge < -0.3 is 4.74 Å². The minimum absolute atomic E-state index is 0.321. The van der Waals surface area contributed by atoms with Gasteiger partial charge in [-0.05, 0) is 35.6 Å². The quantitative estimate of drug-likeness (QED) is 0.670. The summed E-state index contributed by atoms with van der Waals surface area (Å²) in [4.78, 5) is 0. The van der Waals surface area contributed by atoms with Crippen molar-refractivity contribution in [1.29, 1.82) is 0 Å². The fraction of sp³-hybridized carbons (Fsp3) is 0.625. The van der Waals surface area contributed by atoms with Crippen LogP contribution in [0.1, 0.15) is 12.0 Å². The number of hydrogen-bond donors (Lipinski definition) is 0. The normalized spacial score (nSPS) is 19.3. The highest BCUT2D eigenvalue weighted by Crippen LogP contribution is 2.58. The van der Waals surface area contributed by atoms with Gasteiger partial charge >= 0.3 is 0 Å². The van der Waals surface area contributed by atoms with Crippen molar-refractivity contribution in [3.8, 4) is 5.75 Å². The molecule has 0 amide bonds. The zero-order valence-electron chi connectivity index (χ0n) is 14.2. The summed E-state index contributed by atoms with van der Waals surface area (Å²) in [5.74, 6) is 3.58. The molecule has 118 valence electrons. The van der Waals surface area contributed by atoms with E-state index in [1.807, 2.05) is 0 Å². The Balaban J connectivity index is 2.51. The molecule has 0 spiro atoms. The van der Waals surface area contributed by atoms with Crippen molar-refractivity contribution >= 4 is 38.7 Å². The van der Waals surface area contributed by atoms with Crippen LogP contribution >= 0.6 is 23.5 Å². The van der Waals surface area contributed by atoms with Crippen molar-refractivity contribution in [1.82, 2.24) is 0 Å². The molecule has 0 aliphatic carbocycles. The Hall–Kier alpha value is 0.154. The van der Waals surface area contributed by atoms with Crippen LogP contribution in [0.3, 0.4) is 0 Å². The van der Waals surface area contributed by atoms with Crippen LogP contribution in [-0.4, -0.2) is 33.8 Å². The van der Waals surface area contributed by atoms with Crippen molar-refractivity contribution in [2.24, 2.45) is 0 Å². The molecule has 1 aromatic carbocycles. The Morgan fingerprint density at radius 2 is 1.48 bits per heavy atom. The number of benzene rings is 1. The largest absolute Gasteiger partial charge is 0.497 e. The molecule has 0 saturated carbocycles. The van der Waals surface area contributed by atoms with E-state index in [1.54, 1.807) is 7.11 Å². The fourth-order valence-corrected chi connectivity index (χ4v) is 21.1. The second-order valence-corrected chi connectivity index (χ2v) is 27.6. The van der Waals surface area contributed by atoms with Gasteiger partial charge in [0.15, 0.2) is 0 Å².